The molecule has 0 spiro atoms. The van der Waals surface area contributed by atoms with Crippen LogP contribution in [-0.2, 0) is 6.54 Å². The molecule has 3 heteroatoms. The van der Waals surface area contributed by atoms with Crippen molar-refractivity contribution < 1.29 is 9.13 Å². The van der Waals surface area contributed by atoms with E-state index in [0.29, 0.717) is 24.1 Å². The van der Waals surface area contributed by atoms with Crippen molar-refractivity contribution in [2.75, 3.05) is 0 Å². The number of aryl methyl sites for hydroxylation is 2. The van der Waals surface area contributed by atoms with E-state index in [4.69, 9.17) is 4.74 Å². The molecule has 21 heavy (non-hydrogen) atoms. The zero-order valence-corrected chi connectivity index (χ0v) is 13.0. The van der Waals surface area contributed by atoms with Gasteiger partial charge in [0.25, 0.3) is 0 Å². The molecule has 1 N–H and O–H groups in total. The molecule has 0 saturated heterocycles. The van der Waals surface area contributed by atoms with Gasteiger partial charge < -0.3 is 10.1 Å². The van der Waals surface area contributed by atoms with Crippen LogP contribution in [-0.4, -0.2) is 6.04 Å². The molecule has 0 aliphatic carbocycles. The van der Waals surface area contributed by atoms with Crippen LogP contribution >= 0.6 is 0 Å². The maximum absolute atomic E-state index is 14.1. The van der Waals surface area contributed by atoms with E-state index < -0.39 is 0 Å². The van der Waals surface area contributed by atoms with Crippen LogP contribution in [0, 0.1) is 19.7 Å². The Labute approximate surface area is 126 Å². The lowest BCUT2D eigenvalue weighted by molar-refractivity contribution is 0.429. The van der Waals surface area contributed by atoms with Gasteiger partial charge in [-0.3, -0.25) is 0 Å². The van der Waals surface area contributed by atoms with E-state index in [1.165, 1.54) is 6.07 Å². The third kappa shape index (κ3) is 4.05. The third-order valence-electron chi connectivity index (χ3n) is 3.29. The minimum atomic E-state index is -0.335. The Morgan fingerprint density at radius 1 is 1.14 bits per heavy atom. The number of hydrogen-bond acceptors (Lipinski definition) is 2. The Kier molecular flexibility index (Phi) is 4.97. The Bertz CT molecular complexity index is 623. The highest BCUT2D eigenvalue weighted by Crippen LogP contribution is 2.30. The standard InChI is InChI=1S/C18H22FNO/c1-12(2)20-11-15-6-5-7-16(19)18(15)21-17-9-8-13(3)10-14(17)4/h5-10,12,20H,11H2,1-4H3. The third-order valence-corrected chi connectivity index (χ3v) is 3.29. The number of nitrogens with one attached hydrogen (secondary N) is 1. The van der Waals surface area contributed by atoms with E-state index in [2.05, 4.69) is 19.2 Å². The van der Waals surface area contributed by atoms with Crippen molar-refractivity contribution in [2.24, 2.45) is 0 Å². The molecule has 2 aromatic rings. The lowest BCUT2D eigenvalue weighted by Gasteiger charge is -2.15. The van der Waals surface area contributed by atoms with Crippen LogP contribution in [0.5, 0.6) is 11.5 Å². The van der Waals surface area contributed by atoms with Crippen LogP contribution in [0.15, 0.2) is 36.4 Å². The summed E-state index contributed by atoms with van der Waals surface area (Å²) < 4.78 is 20.0. The molecule has 0 unspecified atom stereocenters. The monoisotopic (exact) mass is 287 g/mol. The highest BCUT2D eigenvalue weighted by molar-refractivity contribution is 5.43. The van der Waals surface area contributed by atoms with Crippen molar-refractivity contribution in [1.29, 1.82) is 0 Å². The van der Waals surface area contributed by atoms with Crippen LogP contribution in [0.1, 0.15) is 30.5 Å². The maximum Gasteiger partial charge on any atom is 0.167 e. The fourth-order valence-corrected chi connectivity index (χ4v) is 2.14. The fourth-order valence-electron chi connectivity index (χ4n) is 2.14. The van der Waals surface area contributed by atoms with Gasteiger partial charge in [0.2, 0.25) is 0 Å². The van der Waals surface area contributed by atoms with Crippen molar-refractivity contribution in [2.45, 2.75) is 40.3 Å². The first kappa shape index (κ1) is 15.5. The lowest BCUT2D eigenvalue weighted by Crippen LogP contribution is -2.22. The van der Waals surface area contributed by atoms with Crippen LogP contribution in [0.3, 0.4) is 0 Å². The van der Waals surface area contributed by atoms with Gasteiger partial charge in [-0.1, -0.05) is 43.7 Å². The zero-order chi connectivity index (χ0) is 15.4. The summed E-state index contributed by atoms with van der Waals surface area (Å²) in [4.78, 5) is 0. The lowest BCUT2D eigenvalue weighted by atomic mass is 10.1. The minimum Gasteiger partial charge on any atom is -0.454 e. The van der Waals surface area contributed by atoms with Gasteiger partial charge in [-0.05, 0) is 31.5 Å². The first-order valence-corrected chi connectivity index (χ1v) is 7.23. The van der Waals surface area contributed by atoms with Gasteiger partial charge in [-0.15, -0.1) is 0 Å². The summed E-state index contributed by atoms with van der Waals surface area (Å²) in [6.45, 7) is 8.69. The summed E-state index contributed by atoms with van der Waals surface area (Å²) >= 11 is 0. The number of benzene rings is 2. The van der Waals surface area contributed by atoms with Gasteiger partial charge in [0, 0.05) is 18.2 Å². The summed E-state index contributed by atoms with van der Waals surface area (Å²) in [5.74, 6) is 0.659. The minimum absolute atomic E-state index is 0.303. The molecule has 2 nitrogen and oxygen atoms in total. The smallest absolute Gasteiger partial charge is 0.167 e. The number of hydrogen-bond donors (Lipinski definition) is 1. The number of para-hydroxylation sites is 1. The van der Waals surface area contributed by atoms with E-state index in [0.717, 1.165) is 16.7 Å². The Balaban J connectivity index is 2.29. The van der Waals surface area contributed by atoms with Gasteiger partial charge in [-0.25, -0.2) is 4.39 Å². The number of halogens is 1. The van der Waals surface area contributed by atoms with Gasteiger partial charge >= 0.3 is 0 Å². The number of rotatable bonds is 5. The molecule has 0 aliphatic rings. The molecule has 2 rings (SSSR count). The molecule has 2 aromatic carbocycles. The van der Waals surface area contributed by atoms with Crippen molar-refractivity contribution in [3.63, 3.8) is 0 Å². The second-order valence-corrected chi connectivity index (χ2v) is 5.63. The molecule has 0 bridgehead atoms. The largest absolute Gasteiger partial charge is 0.454 e. The van der Waals surface area contributed by atoms with E-state index in [1.807, 2.05) is 38.1 Å². The summed E-state index contributed by atoms with van der Waals surface area (Å²) in [5.41, 5.74) is 2.99. The van der Waals surface area contributed by atoms with Gasteiger partial charge in [0.1, 0.15) is 5.75 Å². The second-order valence-electron chi connectivity index (χ2n) is 5.63. The van der Waals surface area contributed by atoms with Crippen molar-refractivity contribution in [1.82, 2.24) is 5.32 Å². The topological polar surface area (TPSA) is 21.3 Å². The van der Waals surface area contributed by atoms with Crippen molar-refractivity contribution in [3.05, 3.63) is 58.9 Å². The molecule has 0 atom stereocenters. The molecule has 0 aromatic heterocycles. The Hall–Kier alpha value is -1.87. The van der Waals surface area contributed by atoms with Crippen molar-refractivity contribution in [3.8, 4) is 11.5 Å². The van der Waals surface area contributed by atoms with E-state index in [-0.39, 0.29) is 5.82 Å². The van der Waals surface area contributed by atoms with Crippen LogP contribution in [0.4, 0.5) is 4.39 Å². The molecule has 0 saturated carbocycles. The summed E-state index contributed by atoms with van der Waals surface area (Å²) in [6.07, 6.45) is 0. The highest BCUT2D eigenvalue weighted by Gasteiger charge is 2.12. The zero-order valence-electron chi connectivity index (χ0n) is 13.0. The molecular weight excluding hydrogens is 265 g/mol. The second kappa shape index (κ2) is 6.72. The molecule has 112 valence electrons. The average Bonchev–Trinajstić information content (AvgIpc) is 2.42. The average molecular weight is 287 g/mol. The summed E-state index contributed by atoms with van der Waals surface area (Å²) in [7, 11) is 0. The van der Waals surface area contributed by atoms with Crippen molar-refractivity contribution >= 4 is 0 Å². The maximum atomic E-state index is 14.1. The molecule has 0 fully saturated rings. The van der Waals surface area contributed by atoms with E-state index >= 15 is 0 Å². The quantitative estimate of drug-likeness (QED) is 0.858. The summed E-state index contributed by atoms with van der Waals surface area (Å²) in [5, 5.41) is 3.29. The Morgan fingerprint density at radius 3 is 2.57 bits per heavy atom. The predicted octanol–water partition coefficient (Wildman–Crippen LogP) is 4.73. The van der Waals surface area contributed by atoms with Gasteiger partial charge in [0.15, 0.2) is 11.6 Å². The van der Waals surface area contributed by atoms with Crippen LogP contribution in [0.2, 0.25) is 0 Å². The van der Waals surface area contributed by atoms with E-state index in [1.54, 1.807) is 6.07 Å². The van der Waals surface area contributed by atoms with Crippen LogP contribution in [0.25, 0.3) is 0 Å². The van der Waals surface area contributed by atoms with Gasteiger partial charge in [0.05, 0.1) is 0 Å². The summed E-state index contributed by atoms with van der Waals surface area (Å²) in [6, 6.07) is 11.2. The Morgan fingerprint density at radius 2 is 1.90 bits per heavy atom. The molecular formula is C18H22FNO. The first-order chi connectivity index (χ1) is 9.97. The fraction of sp³-hybridized carbons (Fsp3) is 0.333. The first-order valence-electron chi connectivity index (χ1n) is 7.23. The normalized spacial score (nSPS) is 11.0. The molecule has 0 radical (unpaired) electrons. The predicted molar refractivity (Wildman–Crippen MR) is 84.4 cm³/mol. The van der Waals surface area contributed by atoms with Crippen LogP contribution < -0.4 is 10.1 Å². The number of ether oxygens (including phenoxy) is 1. The molecule has 0 amide bonds. The van der Waals surface area contributed by atoms with E-state index in [9.17, 15) is 4.39 Å². The molecule has 0 heterocycles. The highest BCUT2D eigenvalue weighted by atomic mass is 19.1. The molecule has 0 aliphatic heterocycles. The SMILES string of the molecule is Cc1ccc(Oc2c(F)cccc2CNC(C)C)c(C)c1. The van der Waals surface area contributed by atoms with Gasteiger partial charge in [-0.2, -0.15) is 0 Å².